The van der Waals surface area contributed by atoms with E-state index in [1.54, 1.807) is 13.8 Å². The number of hydrogen-bond donors (Lipinski definition) is 0. The fourth-order valence-electron chi connectivity index (χ4n) is 0.952. The van der Waals surface area contributed by atoms with Crippen LogP contribution in [0.4, 0.5) is 0 Å². The number of allylic oxidation sites excluding steroid dienone is 1. The first-order chi connectivity index (χ1) is 6.49. The van der Waals surface area contributed by atoms with Crippen LogP contribution in [0.15, 0.2) is 12.2 Å². The summed E-state index contributed by atoms with van der Waals surface area (Å²) in [6.45, 7) is 9.19. The normalized spacial score (nSPS) is 11.9. The van der Waals surface area contributed by atoms with Crippen molar-refractivity contribution >= 4 is 11.8 Å². The summed E-state index contributed by atoms with van der Waals surface area (Å²) < 4.78 is 4.75. The summed E-state index contributed by atoms with van der Waals surface area (Å²) in [4.78, 5) is 22.6. The molecule has 0 fully saturated rings. The first kappa shape index (κ1) is 12.9. The largest absolute Gasteiger partial charge is 0.465 e. The zero-order valence-corrected chi connectivity index (χ0v) is 9.13. The molecule has 3 nitrogen and oxygen atoms in total. The molecule has 1 unspecified atom stereocenters. The van der Waals surface area contributed by atoms with Gasteiger partial charge in [-0.25, -0.2) is 0 Å². The van der Waals surface area contributed by atoms with E-state index in [0.29, 0.717) is 19.4 Å². The van der Waals surface area contributed by atoms with Gasteiger partial charge in [-0.1, -0.05) is 5.57 Å². The molecule has 0 aromatic heterocycles. The fourth-order valence-corrected chi connectivity index (χ4v) is 0.952. The van der Waals surface area contributed by atoms with Gasteiger partial charge < -0.3 is 4.74 Å². The van der Waals surface area contributed by atoms with Crippen LogP contribution in [-0.2, 0) is 14.3 Å². The third kappa shape index (κ3) is 4.80. The lowest BCUT2D eigenvalue weighted by molar-refractivity contribution is -0.150. The van der Waals surface area contributed by atoms with Gasteiger partial charge in [0.15, 0.2) is 0 Å². The highest BCUT2D eigenvalue weighted by Gasteiger charge is 2.21. The molecule has 3 heteroatoms. The number of carbonyl (C=O) groups excluding carboxylic acids is 2. The second-order valence-electron chi connectivity index (χ2n) is 3.40. The molecule has 0 bridgehead atoms. The molecule has 0 radical (unpaired) electrons. The van der Waals surface area contributed by atoms with Gasteiger partial charge in [-0.05, 0) is 27.2 Å². The van der Waals surface area contributed by atoms with Gasteiger partial charge in [0.25, 0.3) is 0 Å². The van der Waals surface area contributed by atoms with Crippen LogP contribution in [0.3, 0.4) is 0 Å². The number of ketones is 1. The van der Waals surface area contributed by atoms with Gasteiger partial charge in [0, 0.05) is 6.42 Å². The molecule has 0 N–H and O–H groups in total. The average Bonchev–Trinajstić information content (AvgIpc) is 2.13. The first-order valence-corrected chi connectivity index (χ1v) is 4.82. The Bertz CT molecular complexity index is 231. The van der Waals surface area contributed by atoms with Gasteiger partial charge in [-0.15, -0.1) is 6.58 Å². The van der Waals surface area contributed by atoms with Crippen molar-refractivity contribution in [3.05, 3.63) is 12.2 Å². The van der Waals surface area contributed by atoms with Crippen molar-refractivity contribution in [1.29, 1.82) is 0 Å². The molecule has 0 amide bonds. The van der Waals surface area contributed by atoms with Gasteiger partial charge in [-0.2, -0.15) is 0 Å². The third-order valence-electron chi connectivity index (χ3n) is 1.92. The Morgan fingerprint density at radius 2 is 1.93 bits per heavy atom. The molecule has 0 aliphatic carbocycles. The molecule has 14 heavy (non-hydrogen) atoms. The Morgan fingerprint density at radius 1 is 1.36 bits per heavy atom. The van der Waals surface area contributed by atoms with Crippen molar-refractivity contribution in [2.75, 3.05) is 6.61 Å². The first-order valence-electron chi connectivity index (χ1n) is 4.82. The van der Waals surface area contributed by atoms with Crippen LogP contribution in [0.1, 0.15) is 33.6 Å². The lowest BCUT2D eigenvalue weighted by atomic mass is 10.0. The summed E-state index contributed by atoms with van der Waals surface area (Å²) in [5.74, 6) is -1.15. The van der Waals surface area contributed by atoms with E-state index in [-0.39, 0.29) is 5.78 Å². The van der Waals surface area contributed by atoms with Crippen LogP contribution in [-0.4, -0.2) is 18.4 Å². The Labute approximate surface area is 85.1 Å². The van der Waals surface area contributed by atoms with Crippen molar-refractivity contribution in [1.82, 2.24) is 0 Å². The maximum atomic E-state index is 11.4. The van der Waals surface area contributed by atoms with Gasteiger partial charge in [-0.3, -0.25) is 9.59 Å². The van der Waals surface area contributed by atoms with Crippen LogP contribution in [0.2, 0.25) is 0 Å². The zero-order valence-electron chi connectivity index (χ0n) is 9.13. The van der Waals surface area contributed by atoms with Gasteiger partial charge in [0.1, 0.15) is 11.7 Å². The molecule has 0 rings (SSSR count). The monoisotopic (exact) mass is 198 g/mol. The molecule has 0 spiro atoms. The molecule has 0 aromatic carbocycles. The summed E-state index contributed by atoms with van der Waals surface area (Å²) in [5, 5.41) is 0. The van der Waals surface area contributed by atoms with Crippen molar-refractivity contribution < 1.29 is 14.3 Å². The number of esters is 1. The SMILES string of the molecule is C=C(C)CCC(=O)C(C)C(=O)OCC. The number of rotatable bonds is 6. The van der Waals surface area contributed by atoms with Crippen molar-refractivity contribution in [3.8, 4) is 0 Å². The highest BCUT2D eigenvalue weighted by atomic mass is 16.5. The predicted octanol–water partition coefficient (Wildman–Crippen LogP) is 2.11. The number of carbonyl (C=O) groups is 2. The minimum atomic E-state index is -0.644. The maximum Gasteiger partial charge on any atom is 0.316 e. The Morgan fingerprint density at radius 3 is 2.36 bits per heavy atom. The van der Waals surface area contributed by atoms with E-state index < -0.39 is 11.9 Å². The summed E-state index contributed by atoms with van der Waals surface area (Å²) in [7, 11) is 0. The van der Waals surface area contributed by atoms with Gasteiger partial charge in [0.2, 0.25) is 0 Å². The molecule has 80 valence electrons. The summed E-state index contributed by atoms with van der Waals surface area (Å²) in [6, 6.07) is 0. The van der Waals surface area contributed by atoms with Crippen LogP contribution in [0.25, 0.3) is 0 Å². The van der Waals surface area contributed by atoms with E-state index in [9.17, 15) is 9.59 Å². The van der Waals surface area contributed by atoms with E-state index in [1.165, 1.54) is 0 Å². The van der Waals surface area contributed by atoms with Crippen molar-refractivity contribution in [3.63, 3.8) is 0 Å². The molecule has 0 aliphatic rings. The topological polar surface area (TPSA) is 43.4 Å². The Kier molecular flexibility index (Phi) is 5.84. The van der Waals surface area contributed by atoms with E-state index in [4.69, 9.17) is 4.74 Å². The fraction of sp³-hybridized carbons (Fsp3) is 0.636. The molecule has 0 aromatic rings. The number of hydrogen-bond acceptors (Lipinski definition) is 3. The predicted molar refractivity (Wildman–Crippen MR) is 54.9 cm³/mol. The van der Waals surface area contributed by atoms with E-state index >= 15 is 0 Å². The van der Waals surface area contributed by atoms with Crippen molar-refractivity contribution in [2.24, 2.45) is 5.92 Å². The average molecular weight is 198 g/mol. The summed E-state index contributed by atoms with van der Waals surface area (Å²) in [5.41, 5.74) is 0.953. The zero-order chi connectivity index (χ0) is 11.1. The van der Waals surface area contributed by atoms with E-state index in [2.05, 4.69) is 6.58 Å². The molecule has 0 saturated carbocycles. The number of Topliss-reactive ketones (excluding diaryl/α,β-unsaturated/α-hetero) is 1. The second-order valence-corrected chi connectivity index (χ2v) is 3.40. The maximum absolute atomic E-state index is 11.4. The minimum Gasteiger partial charge on any atom is -0.465 e. The Balaban J connectivity index is 3.98. The van der Waals surface area contributed by atoms with Crippen LogP contribution >= 0.6 is 0 Å². The highest BCUT2D eigenvalue weighted by Crippen LogP contribution is 2.09. The smallest absolute Gasteiger partial charge is 0.316 e. The molecular weight excluding hydrogens is 180 g/mol. The molecule has 0 saturated heterocycles. The van der Waals surface area contributed by atoms with E-state index in [1.807, 2.05) is 6.92 Å². The highest BCUT2D eigenvalue weighted by molar-refractivity contribution is 5.98. The second kappa shape index (κ2) is 6.35. The summed E-state index contributed by atoms with van der Waals surface area (Å²) in [6.07, 6.45) is 1.01. The molecule has 0 aliphatic heterocycles. The Hall–Kier alpha value is -1.12. The lowest BCUT2D eigenvalue weighted by Crippen LogP contribution is -2.23. The molecule has 1 atom stereocenters. The van der Waals surface area contributed by atoms with Crippen LogP contribution < -0.4 is 0 Å². The van der Waals surface area contributed by atoms with Crippen LogP contribution in [0.5, 0.6) is 0 Å². The quantitative estimate of drug-likeness (QED) is 0.373. The van der Waals surface area contributed by atoms with Gasteiger partial charge >= 0.3 is 5.97 Å². The minimum absolute atomic E-state index is 0.0774. The van der Waals surface area contributed by atoms with Crippen LogP contribution in [0, 0.1) is 5.92 Å². The molecule has 0 heterocycles. The van der Waals surface area contributed by atoms with E-state index in [0.717, 1.165) is 5.57 Å². The third-order valence-corrected chi connectivity index (χ3v) is 1.92. The van der Waals surface area contributed by atoms with Crippen molar-refractivity contribution in [2.45, 2.75) is 33.6 Å². The molecular formula is C11H18O3. The summed E-state index contributed by atoms with van der Waals surface area (Å²) >= 11 is 0. The lowest BCUT2D eigenvalue weighted by Gasteiger charge is -2.08. The standard InChI is InChI=1S/C11H18O3/c1-5-14-11(13)9(4)10(12)7-6-8(2)3/h9H,2,5-7H2,1,3-4H3. The van der Waals surface area contributed by atoms with Gasteiger partial charge in [0.05, 0.1) is 6.61 Å². The number of ether oxygens (including phenoxy) is 1.